The molecule has 0 spiro atoms. The Balaban J connectivity index is 0.00000208. The molecular formula is C17H11Cl2F6Zr-. The number of rotatable bonds is 1. The van der Waals surface area contributed by atoms with E-state index in [-0.39, 0.29) is 62.6 Å². The molecule has 140 valence electrons. The third-order valence-corrected chi connectivity index (χ3v) is 3.54. The Morgan fingerprint density at radius 2 is 1.19 bits per heavy atom. The van der Waals surface area contributed by atoms with Crippen molar-refractivity contribution in [3.63, 3.8) is 0 Å². The van der Waals surface area contributed by atoms with Crippen molar-refractivity contribution in [2.75, 3.05) is 0 Å². The molecule has 0 saturated heterocycles. The van der Waals surface area contributed by atoms with Gasteiger partial charge in [-0.2, -0.15) is 26.3 Å². The predicted molar refractivity (Wildman–Crippen MR) is 89.5 cm³/mol. The van der Waals surface area contributed by atoms with E-state index in [1.165, 1.54) is 0 Å². The summed E-state index contributed by atoms with van der Waals surface area (Å²) in [4.78, 5) is 0. The molecule has 26 heavy (non-hydrogen) atoms. The Morgan fingerprint density at radius 3 is 1.65 bits per heavy atom. The Kier molecular flexibility index (Phi) is 8.55. The van der Waals surface area contributed by atoms with Gasteiger partial charge in [0.25, 0.3) is 0 Å². The topological polar surface area (TPSA) is 0 Å². The zero-order valence-corrected chi connectivity index (χ0v) is 16.9. The number of hydrogen-bond donors (Lipinski definition) is 0. The van der Waals surface area contributed by atoms with Crippen LogP contribution in [-0.2, 0) is 38.6 Å². The predicted octanol–water partition coefficient (Wildman–Crippen LogP) is 7.10. The maximum absolute atomic E-state index is 12.9. The van der Waals surface area contributed by atoms with Crippen LogP contribution in [0.15, 0.2) is 54.6 Å². The van der Waals surface area contributed by atoms with Gasteiger partial charge in [-0.25, -0.2) is 0 Å². The summed E-state index contributed by atoms with van der Waals surface area (Å²) in [5.74, 6) is 0. The minimum absolute atomic E-state index is 0. The van der Waals surface area contributed by atoms with E-state index in [1.54, 1.807) is 36.4 Å². The second-order valence-corrected chi connectivity index (χ2v) is 5.17. The Morgan fingerprint density at radius 1 is 0.692 bits per heavy atom. The average molecular weight is 491 g/mol. The second kappa shape index (κ2) is 8.85. The molecule has 0 heterocycles. The molecule has 0 fully saturated rings. The number of alkyl halides is 6. The fraction of sp³-hybridized carbons (Fsp3) is 0.118. The zero-order valence-electron chi connectivity index (χ0n) is 12.8. The van der Waals surface area contributed by atoms with Gasteiger partial charge in [0.2, 0.25) is 0 Å². The van der Waals surface area contributed by atoms with Crippen LogP contribution in [0.3, 0.4) is 0 Å². The van der Waals surface area contributed by atoms with Crippen LogP contribution >= 0.6 is 24.8 Å². The van der Waals surface area contributed by atoms with Gasteiger partial charge in [-0.1, -0.05) is 35.9 Å². The quantitative estimate of drug-likeness (QED) is 0.252. The smallest absolute Gasteiger partial charge is 0.166 e. The molecule has 9 heteroatoms. The van der Waals surface area contributed by atoms with E-state index in [4.69, 9.17) is 0 Å². The van der Waals surface area contributed by atoms with E-state index in [2.05, 4.69) is 0 Å². The summed E-state index contributed by atoms with van der Waals surface area (Å²) in [6, 6.07) is 11.8. The Labute approximate surface area is 176 Å². The fourth-order valence-corrected chi connectivity index (χ4v) is 2.44. The molecule has 0 N–H and O–H groups in total. The second-order valence-electron chi connectivity index (χ2n) is 5.17. The van der Waals surface area contributed by atoms with E-state index in [0.29, 0.717) is 5.56 Å². The molecule has 3 aromatic carbocycles. The fourth-order valence-electron chi connectivity index (χ4n) is 2.44. The van der Waals surface area contributed by atoms with Crippen LogP contribution in [0, 0.1) is 0 Å². The van der Waals surface area contributed by atoms with Crippen LogP contribution in [0.2, 0.25) is 0 Å². The minimum atomic E-state index is -4.85. The number of halogens is 8. The van der Waals surface area contributed by atoms with Crippen molar-refractivity contribution in [3.05, 3.63) is 65.7 Å². The van der Waals surface area contributed by atoms with Crippen molar-refractivity contribution in [3.8, 4) is 11.1 Å². The van der Waals surface area contributed by atoms with Gasteiger partial charge in [0.1, 0.15) is 0 Å². The monoisotopic (exact) mass is 489 g/mol. The number of benzene rings is 2. The summed E-state index contributed by atoms with van der Waals surface area (Å²) in [5, 5.41) is 1.52. The van der Waals surface area contributed by atoms with Gasteiger partial charge in [-0.05, 0) is 6.07 Å². The van der Waals surface area contributed by atoms with Gasteiger partial charge in [0, 0.05) is 37.3 Å². The van der Waals surface area contributed by atoms with Crippen LogP contribution in [0.25, 0.3) is 21.9 Å². The third-order valence-electron chi connectivity index (χ3n) is 3.54. The summed E-state index contributed by atoms with van der Waals surface area (Å²) in [6.45, 7) is 0. The molecule has 0 radical (unpaired) electrons. The van der Waals surface area contributed by atoms with Crippen molar-refractivity contribution < 1.29 is 52.5 Å². The molecule has 0 bridgehead atoms. The first kappa shape index (κ1) is 25.1. The van der Waals surface area contributed by atoms with Gasteiger partial charge in [-0.3, -0.25) is 0 Å². The largest absolute Gasteiger partial charge is 0.415 e. The molecule has 0 aliphatic carbocycles. The van der Waals surface area contributed by atoms with Crippen LogP contribution in [-0.4, -0.2) is 0 Å². The van der Waals surface area contributed by atoms with Crippen molar-refractivity contribution >= 4 is 35.6 Å². The molecule has 0 aliphatic heterocycles. The first-order valence-electron chi connectivity index (χ1n) is 6.60. The van der Waals surface area contributed by atoms with Crippen molar-refractivity contribution in [2.45, 2.75) is 12.4 Å². The van der Waals surface area contributed by atoms with Crippen molar-refractivity contribution in [1.29, 1.82) is 0 Å². The molecule has 0 atom stereocenters. The molecule has 0 saturated carbocycles. The molecule has 0 aromatic heterocycles. The molecule has 0 aliphatic rings. The average Bonchev–Trinajstić information content (AvgIpc) is 2.89. The van der Waals surface area contributed by atoms with E-state index < -0.39 is 23.5 Å². The first-order valence-corrected chi connectivity index (χ1v) is 6.60. The molecule has 3 aromatic rings. The number of fused-ring (bicyclic) bond motifs is 1. The summed E-state index contributed by atoms with van der Waals surface area (Å²) >= 11 is 0. The van der Waals surface area contributed by atoms with Gasteiger partial charge < -0.3 is 0 Å². The zero-order chi connectivity index (χ0) is 16.8. The van der Waals surface area contributed by atoms with Crippen LogP contribution in [0.5, 0.6) is 0 Å². The summed E-state index contributed by atoms with van der Waals surface area (Å²) < 4.78 is 77.3. The summed E-state index contributed by atoms with van der Waals surface area (Å²) in [5.41, 5.74) is -2.41. The van der Waals surface area contributed by atoms with E-state index in [1.807, 2.05) is 0 Å². The SMILES string of the molecule is Cl.Cl.FC(F)(F)c1cc(-c2cc3ccccc3[cH-]2)cc(C(F)(F)F)c1.[Zr]. The minimum Gasteiger partial charge on any atom is -0.166 e. The molecule has 0 nitrogen and oxygen atoms in total. The maximum Gasteiger partial charge on any atom is 0.415 e. The van der Waals surface area contributed by atoms with Crippen molar-refractivity contribution in [2.24, 2.45) is 0 Å². The first-order chi connectivity index (χ1) is 10.6. The van der Waals surface area contributed by atoms with Crippen LogP contribution < -0.4 is 0 Å². The maximum atomic E-state index is 12.9. The van der Waals surface area contributed by atoms with Crippen LogP contribution in [0.4, 0.5) is 26.3 Å². The molecule has 3 rings (SSSR count). The molecular weight excluding hydrogens is 480 g/mol. The van der Waals surface area contributed by atoms with Gasteiger partial charge >= 0.3 is 12.4 Å². The van der Waals surface area contributed by atoms with Gasteiger partial charge in [0.05, 0.1) is 0 Å². The van der Waals surface area contributed by atoms with E-state index >= 15 is 0 Å². The standard InChI is InChI=1S/C17H9F6.2ClH.Zr/c18-16(19,20)14-7-13(8-15(9-14)17(21,22)23)12-5-10-3-1-2-4-11(10)6-12;;;/h1-9H;2*1H;/q-1;;;. The van der Waals surface area contributed by atoms with Crippen LogP contribution in [0.1, 0.15) is 11.1 Å². The van der Waals surface area contributed by atoms with E-state index in [9.17, 15) is 26.3 Å². The molecule has 0 amide bonds. The normalized spacial score (nSPS) is 11.3. The third kappa shape index (κ3) is 5.31. The Hall–Kier alpha value is -0.907. The summed E-state index contributed by atoms with van der Waals surface area (Å²) in [7, 11) is 0. The van der Waals surface area contributed by atoms with Gasteiger partial charge in [0.15, 0.2) is 0 Å². The van der Waals surface area contributed by atoms with Gasteiger partial charge in [-0.15, -0.1) is 59.3 Å². The number of hydrogen-bond acceptors (Lipinski definition) is 0. The Bertz CT molecular complexity index is 802. The van der Waals surface area contributed by atoms with E-state index in [0.717, 1.165) is 22.9 Å². The summed E-state index contributed by atoms with van der Waals surface area (Å²) in [6.07, 6.45) is -9.69. The van der Waals surface area contributed by atoms with Crippen molar-refractivity contribution in [1.82, 2.24) is 0 Å². The molecule has 0 unspecified atom stereocenters.